The Morgan fingerprint density at radius 1 is 1.36 bits per heavy atom. The molecule has 3 rings (SSSR count). The first-order valence-corrected chi connectivity index (χ1v) is 7.90. The number of allylic oxidation sites excluding steroid dienone is 1. The van der Waals surface area contributed by atoms with Gasteiger partial charge in [-0.15, -0.1) is 0 Å². The van der Waals surface area contributed by atoms with Crippen LogP contribution in [0.15, 0.2) is 40.1 Å². The molecule has 116 valence electrons. The highest BCUT2D eigenvalue weighted by Gasteiger charge is 2.51. The molecule has 1 aliphatic carbocycles. The zero-order valence-corrected chi connectivity index (χ0v) is 13.9. The van der Waals surface area contributed by atoms with E-state index in [-0.39, 0.29) is 11.2 Å². The molecule has 2 unspecified atom stereocenters. The fourth-order valence-electron chi connectivity index (χ4n) is 3.28. The van der Waals surface area contributed by atoms with Crippen LogP contribution in [-0.2, 0) is 9.53 Å². The number of ketones is 1. The Balaban J connectivity index is 2.10. The van der Waals surface area contributed by atoms with Gasteiger partial charge in [-0.2, -0.15) is 0 Å². The summed E-state index contributed by atoms with van der Waals surface area (Å²) in [6, 6.07) is 7.28. The van der Waals surface area contributed by atoms with Gasteiger partial charge in [0.25, 0.3) is 0 Å². The van der Waals surface area contributed by atoms with E-state index in [1.807, 2.05) is 32.0 Å². The smallest absolute Gasteiger partial charge is 0.364 e. The highest BCUT2D eigenvalue weighted by molar-refractivity contribution is 9.10. The normalized spacial score (nSPS) is 26.6. The van der Waals surface area contributed by atoms with Gasteiger partial charge in [-0.25, -0.2) is 0 Å². The second kappa shape index (κ2) is 5.19. The standard InChI is InChI=1S/C16H16BrNO4/c1-16(2)7-11(19)14-12(8-16)22-15(18(20)21)13(14)9-4-3-5-10(17)6-9/h3-6,13,15H,7-8H2,1-2H3. The van der Waals surface area contributed by atoms with E-state index >= 15 is 0 Å². The molecule has 0 N–H and O–H groups in total. The maximum absolute atomic E-state index is 12.6. The van der Waals surface area contributed by atoms with Crippen LogP contribution < -0.4 is 0 Å². The van der Waals surface area contributed by atoms with Gasteiger partial charge in [-0.05, 0) is 23.1 Å². The Kier molecular flexibility index (Phi) is 3.59. The predicted molar refractivity (Wildman–Crippen MR) is 83.8 cm³/mol. The fraction of sp³-hybridized carbons (Fsp3) is 0.438. The van der Waals surface area contributed by atoms with Crippen LogP contribution in [0, 0.1) is 15.5 Å². The van der Waals surface area contributed by atoms with Gasteiger partial charge in [-0.3, -0.25) is 14.9 Å². The molecule has 0 saturated carbocycles. The van der Waals surface area contributed by atoms with Gasteiger partial charge in [0.15, 0.2) is 5.78 Å². The summed E-state index contributed by atoms with van der Waals surface area (Å²) in [6.45, 7) is 3.96. The molecule has 0 amide bonds. The van der Waals surface area contributed by atoms with Crippen molar-refractivity contribution in [1.82, 2.24) is 0 Å². The Morgan fingerprint density at radius 2 is 2.09 bits per heavy atom. The third kappa shape index (κ3) is 2.56. The first kappa shape index (κ1) is 15.2. The van der Waals surface area contributed by atoms with Gasteiger partial charge < -0.3 is 4.74 Å². The van der Waals surface area contributed by atoms with Gasteiger partial charge in [0, 0.05) is 17.3 Å². The first-order valence-electron chi connectivity index (χ1n) is 7.10. The summed E-state index contributed by atoms with van der Waals surface area (Å²) in [5.74, 6) is -0.181. The molecule has 5 nitrogen and oxygen atoms in total. The summed E-state index contributed by atoms with van der Waals surface area (Å²) in [5.41, 5.74) is 0.997. The minimum Gasteiger partial charge on any atom is -0.433 e. The molecule has 0 spiro atoms. The van der Waals surface area contributed by atoms with Crippen molar-refractivity contribution in [2.24, 2.45) is 5.41 Å². The number of ether oxygens (including phenoxy) is 1. The van der Waals surface area contributed by atoms with E-state index in [1.54, 1.807) is 6.07 Å². The number of nitro groups is 1. The molecule has 1 aromatic carbocycles. The SMILES string of the molecule is CC1(C)CC(=O)C2=C(C1)OC([N+](=O)[O-])C2c1cccc(Br)c1. The topological polar surface area (TPSA) is 69.4 Å². The molecule has 1 aliphatic heterocycles. The summed E-state index contributed by atoms with van der Waals surface area (Å²) < 4.78 is 6.41. The van der Waals surface area contributed by atoms with E-state index in [9.17, 15) is 14.9 Å². The van der Waals surface area contributed by atoms with Crippen LogP contribution in [-0.4, -0.2) is 16.9 Å². The second-order valence-electron chi connectivity index (χ2n) is 6.60. The van der Waals surface area contributed by atoms with Gasteiger partial charge >= 0.3 is 6.23 Å². The zero-order valence-electron chi connectivity index (χ0n) is 12.3. The number of halogens is 1. The summed E-state index contributed by atoms with van der Waals surface area (Å²) in [6.07, 6.45) is -0.273. The number of hydrogen-bond donors (Lipinski definition) is 0. The molecular formula is C16H16BrNO4. The lowest BCUT2D eigenvalue weighted by Gasteiger charge is -2.28. The predicted octanol–water partition coefficient (Wildman–Crippen LogP) is 3.81. The van der Waals surface area contributed by atoms with Gasteiger partial charge in [-0.1, -0.05) is 41.9 Å². The number of rotatable bonds is 2. The van der Waals surface area contributed by atoms with Crippen LogP contribution >= 0.6 is 15.9 Å². The molecule has 1 heterocycles. The van der Waals surface area contributed by atoms with E-state index in [2.05, 4.69) is 15.9 Å². The van der Waals surface area contributed by atoms with Crippen LogP contribution in [0.5, 0.6) is 0 Å². The van der Waals surface area contributed by atoms with Crippen molar-refractivity contribution in [3.05, 3.63) is 55.7 Å². The molecule has 0 saturated heterocycles. The number of carbonyl (C=O) groups is 1. The molecule has 0 fully saturated rings. The Morgan fingerprint density at radius 3 is 2.73 bits per heavy atom. The molecule has 2 aliphatic rings. The van der Waals surface area contributed by atoms with E-state index in [0.29, 0.717) is 24.2 Å². The molecule has 0 radical (unpaired) electrons. The molecule has 22 heavy (non-hydrogen) atoms. The number of hydrogen-bond acceptors (Lipinski definition) is 4. The van der Waals surface area contributed by atoms with Gasteiger partial charge in [0.1, 0.15) is 11.7 Å². The third-order valence-electron chi connectivity index (χ3n) is 4.15. The molecule has 1 aromatic rings. The van der Waals surface area contributed by atoms with Crippen molar-refractivity contribution in [1.29, 1.82) is 0 Å². The van der Waals surface area contributed by atoms with Crippen molar-refractivity contribution in [2.45, 2.75) is 38.8 Å². The van der Waals surface area contributed by atoms with Crippen molar-refractivity contribution >= 4 is 21.7 Å². The van der Waals surface area contributed by atoms with Gasteiger partial charge in [0.05, 0.1) is 10.5 Å². The summed E-state index contributed by atoms with van der Waals surface area (Å²) in [5, 5.41) is 11.4. The number of carbonyl (C=O) groups excluding carboxylic acids is 1. The average molecular weight is 366 g/mol. The zero-order chi connectivity index (χ0) is 16.1. The molecule has 0 bridgehead atoms. The van der Waals surface area contributed by atoms with Crippen molar-refractivity contribution in [3.8, 4) is 0 Å². The second-order valence-corrected chi connectivity index (χ2v) is 7.52. The Bertz CT molecular complexity index is 695. The quantitative estimate of drug-likeness (QED) is 0.590. The van der Waals surface area contributed by atoms with Crippen molar-refractivity contribution in [3.63, 3.8) is 0 Å². The lowest BCUT2D eigenvalue weighted by Crippen LogP contribution is -2.28. The van der Waals surface area contributed by atoms with Crippen LogP contribution in [0.25, 0.3) is 0 Å². The maximum Gasteiger partial charge on any atom is 0.364 e. The minimum absolute atomic E-state index is 0.0411. The highest BCUT2D eigenvalue weighted by Crippen LogP contribution is 2.49. The van der Waals surface area contributed by atoms with Crippen LogP contribution in [0.1, 0.15) is 38.2 Å². The van der Waals surface area contributed by atoms with Crippen LogP contribution in [0.2, 0.25) is 0 Å². The maximum atomic E-state index is 12.6. The third-order valence-corrected chi connectivity index (χ3v) is 4.65. The van der Waals surface area contributed by atoms with Crippen molar-refractivity contribution < 1.29 is 14.5 Å². The largest absolute Gasteiger partial charge is 0.433 e. The summed E-state index contributed by atoms with van der Waals surface area (Å²) in [4.78, 5) is 23.5. The first-order chi connectivity index (χ1) is 10.3. The molecule has 0 aromatic heterocycles. The highest BCUT2D eigenvalue weighted by atomic mass is 79.9. The van der Waals surface area contributed by atoms with Crippen LogP contribution in [0.4, 0.5) is 0 Å². The molecule has 2 atom stereocenters. The van der Waals surface area contributed by atoms with E-state index in [1.165, 1.54) is 0 Å². The molecule has 6 heteroatoms. The van der Waals surface area contributed by atoms with E-state index in [0.717, 1.165) is 10.0 Å². The number of Topliss-reactive ketones (excluding diaryl/α,β-unsaturated/α-hetero) is 1. The van der Waals surface area contributed by atoms with E-state index in [4.69, 9.17) is 4.74 Å². The Hall–Kier alpha value is -1.69. The van der Waals surface area contributed by atoms with Crippen LogP contribution in [0.3, 0.4) is 0 Å². The molecular weight excluding hydrogens is 350 g/mol. The summed E-state index contributed by atoms with van der Waals surface area (Å²) >= 11 is 3.38. The lowest BCUT2D eigenvalue weighted by atomic mass is 9.73. The number of benzene rings is 1. The summed E-state index contributed by atoms with van der Waals surface area (Å²) in [7, 11) is 0. The lowest BCUT2D eigenvalue weighted by molar-refractivity contribution is -0.570. The number of nitrogens with zero attached hydrogens (tertiary/aromatic N) is 1. The van der Waals surface area contributed by atoms with Crippen molar-refractivity contribution in [2.75, 3.05) is 0 Å². The fourth-order valence-corrected chi connectivity index (χ4v) is 3.70. The minimum atomic E-state index is -1.22. The van der Waals surface area contributed by atoms with Gasteiger partial charge in [0.2, 0.25) is 0 Å². The Labute approximate surface area is 136 Å². The monoisotopic (exact) mass is 365 g/mol. The van der Waals surface area contributed by atoms with E-state index < -0.39 is 17.1 Å². The average Bonchev–Trinajstić information content (AvgIpc) is 2.76.